The quantitative estimate of drug-likeness (QED) is 0.757. The average molecular weight is 291 g/mol. The topological polar surface area (TPSA) is 91.7 Å². The molecule has 1 aliphatic carbocycles. The van der Waals surface area contributed by atoms with Gasteiger partial charge in [0.1, 0.15) is 11.8 Å². The molecule has 1 atom stereocenters. The van der Waals surface area contributed by atoms with E-state index in [0.717, 1.165) is 18.6 Å². The van der Waals surface area contributed by atoms with Crippen LogP contribution in [0.3, 0.4) is 0 Å². The molecular formula is C14H17N3O4. The van der Waals surface area contributed by atoms with Crippen LogP contribution in [-0.4, -0.2) is 34.8 Å². The van der Waals surface area contributed by atoms with Crippen LogP contribution in [0, 0.1) is 0 Å². The lowest BCUT2D eigenvalue weighted by Gasteiger charge is -2.21. The van der Waals surface area contributed by atoms with Crippen molar-refractivity contribution < 1.29 is 18.8 Å². The smallest absolute Gasteiger partial charge is 0.322 e. The van der Waals surface area contributed by atoms with Gasteiger partial charge in [-0.15, -0.1) is 0 Å². The Balaban J connectivity index is 1.55. The fourth-order valence-corrected chi connectivity index (χ4v) is 2.45. The highest BCUT2D eigenvalue weighted by Gasteiger charge is 2.34. The first-order chi connectivity index (χ1) is 10.1. The van der Waals surface area contributed by atoms with Crippen molar-refractivity contribution in [3.63, 3.8) is 0 Å². The van der Waals surface area contributed by atoms with E-state index in [1.165, 1.54) is 0 Å². The summed E-state index contributed by atoms with van der Waals surface area (Å²) < 4.78 is 5.29. The van der Waals surface area contributed by atoms with Gasteiger partial charge in [-0.1, -0.05) is 0 Å². The number of imide groups is 1. The Hall–Kier alpha value is -2.31. The summed E-state index contributed by atoms with van der Waals surface area (Å²) in [6.07, 6.45) is 4.15. The normalized spacial score (nSPS) is 21.0. The lowest BCUT2D eigenvalue weighted by Crippen LogP contribution is -2.35. The van der Waals surface area contributed by atoms with Crippen molar-refractivity contribution in [2.45, 2.75) is 44.3 Å². The van der Waals surface area contributed by atoms with Gasteiger partial charge in [0.25, 0.3) is 5.91 Å². The Kier molecular flexibility index (Phi) is 3.64. The van der Waals surface area contributed by atoms with Crippen LogP contribution < -0.4 is 10.6 Å². The molecule has 112 valence electrons. The molecule has 7 nitrogen and oxygen atoms in total. The zero-order valence-corrected chi connectivity index (χ0v) is 11.5. The Morgan fingerprint density at radius 3 is 2.76 bits per heavy atom. The number of nitrogens with one attached hydrogen (secondary N) is 2. The molecule has 3 rings (SSSR count). The third-order valence-corrected chi connectivity index (χ3v) is 3.72. The van der Waals surface area contributed by atoms with Gasteiger partial charge in [-0.3, -0.25) is 14.9 Å². The van der Waals surface area contributed by atoms with Gasteiger partial charge in [-0.2, -0.15) is 0 Å². The second-order valence-corrected chi connectivity index (χ2v) is 5.39. The Labute approximate surface area is 121 Å². The highest BCUT2D eigenvalue weighted by Crippen LogP contribution is 2.29. The fraction of sp³-hybridized carbons (Fsp3) is 0.500. The molecular weight excluding hydrogens is 274 g/mol. The first kappa shape index (κ1) is 13.7. The highest BCUT2D eigenvalue weighted by molar-refractivity contribution is 6.04. The number of amides is 4. The number of carbonyl (C=O) groups excluding carboxylic acids is 3. The largest absolute Gasteiger partial charge is 0.467 e. The van der Waals surface area contributed by atoms with Gasteiger partial charge in [0.2, 0.25) is 5.91 Å². The number of hydrogen-bond donors (Lipinski definition) is 2. The van der Waals surface area contributed by atoms with E-state index in [1.807, 2.05) is 6.07 Å². The molecule has 21 heavy (non-hydrogen) atoms. The molecule has 1 saturated heterocycles. The van der Waals surface area contributed by atoms with E-state index in [9.17, 15) is 14.4 Å². The molecule has 1 aliphatic heterocycles. The zero-order chi connectivity index (χ0) is 14.8. The maximum Gasteiger partial charge on any atom is 0.322 e. The minimum absolute atomic E-state index is 0.0113. The first-order valence-corrected chi connectivity index (χ1v) is 7.06. The van der Waals surface area contributed by atoms with Crippen LogP contribution in [0.1, 0.15) is 31.4 Å². The Morgan fingerprint density at radius 1 is 1.38 bits per heavy atom. The predicted octanol–water partition coefficient (Wildman–Crippen LogP) is 0.759. The number of rotatable bonds is 6. The molecule has 1 aromatic heterocycles. The van der Waals surface area contributed by atoms with Crippen LogP contribution >= 0.6 is 0 Å². The summed E-state index contributed by atoms with van der Waals surface area (Å²) in [5.41, 5.74) is 0. The fourth-order valence-electron chi connectivity index (χ4n) is 2.45. The summed E-state index contributed by atoms with van der Waals surface area (Å²) in [6, 6.07) is 2.81. The summed E-state index contributed by atoms with van der Waals surface area (Å²) in [7, 11) is 0. The van der Waals surface area contributed by atoms with Gasteiger partial charge in [0.15, 0.2) is 0 Å². The number of carbonyl (C=O) groups is 3. The SMILES string of the molecule is O=C1NC(=O)[C@@H](CCC(=O)N(Cc2ccco2)C2CC2)N1. The van der Waals surface area contributed by atoms with E-state index in [2.05, 4.69) is 10.6 Å². The molecule has 1 aromatic rings. The molecule has 1 saturated carbocycles. The van der Waals surface area contributed by atoms with Crippen molar-refractivity contribution in [2.24, 2.45) is 0 Å². The van der Waals surface area contributed by atoms with Crippen molar-refractivity contribution >= 4 is 17.8 Å². The lowest BCUT2D eigenvalue weighted by molar-refractivity contribution is -0.133. The first-order valence-electron chi connectivity index (χ1n) is 7.06. The standard InChI is InChI=1S/C14H17N3O4/c18-12(6-5-11-13(19)16-14(20)15-11)17(9-3-4-9)8-10-2-1-7-21-10/h1-2,7,9,11H,3-6,8H2,(H2,15,16,19,20)/t11-/m1/s1. The van der Waals surface area contributed by atoms with Gasteiger partial charge in [0, 0.05) is 12.5 Å². The zero-order valence-electron chi connectivity index (χ0n) is 11.5. The van der Waals surface area contributed by atoms with Crippen LogP contribution in [0.4, 0.5) is 4.79 Å². The van der Waals surface area contributed by atoms with E-state index in [-0.39, 0.29) is 24.3 Å². The molecule has 2 heterocycles. The minimum Gasteiger partial charge on any atom is -0.467 e. The minimum atomic E-state index is -0.605. The number of nitrogens with zero attached hydrogens (tertiary/aromatic N) is 1. The summed E-state index contributed by atoms with van der Waals surface area (Å²) in [6.45, 7) is 0.458. The van der Waals surface area contributed by atoms with Crippen molar-refractivity contribution in [3.05, 3.63) is 24.2 Å². The van der Waals surface area contributed by atoms with Crippen LogP contribution in [0.15, 0.2) is 22.8 Å². The van der Waals surface area contributed by atoms with Crippen LogP contribution in [-0.2, 0) is 16.1 Å². The summed E-state index contributed by atoms with van der Waals surface area (Å²) in [5, 5.41) is 4.66. The van der Waals surface area contributed by atoms with Gasteiger partial charge in [-0.25, -0.2) is 4.79 Å². The molecule has 0 unspecified atom stereocenters. The second kappa shape index (κ2) is 5.59. The van der Waals surface area contributed by atoms with Gasteiger partial charge in [-0.05, 0) is 31.4 Å². The molecule has 4 amide bonds. The lowest BCUT2D eigenvalue weighted by atomic mass is 10.1. The van der Waals surface area contributed by atoms with E-state index >= 15 is 0 Å². The summed E-state index contributed by atoms with van der Waals surface area (Å²) >= 11 is 0. The van der Waals surface area contributed by atoms with E-state index in [1.54, 1.807) is 17.2 Å². The molecule has 0 radical (unpaired) electrons. The van der Waals surface area contributed by atoms with Crippen molar-refractivity contribution in [1.29, 1.82) is 0 Å². The molecule has 2 fully saturated rings. The van der Waals surface area contributed by atoms with E-state index < -0.39 is 12.1 Å². The van der Waals surface area contributed by atoms with Gasteiger partial charge >= 0.3 is 6.03 Å². The van der Waals surface area contributed by atoms with Crippen molar-refractivity contribution in [1.82, 2.24) is 15.5 Å². The summed E-state index contributed by atoms with van der Waals surface area (Å²) in [4.78, 5) is 36.6. The maximum absolute atomic E-state index is 12.3. The average Bonchev–Trinajstić information content (AvgIpc) is 3.06. The van der Waals surface area contributed by atoms with Crippen molar-refractivity contribution in [2.75, 3.05) is 0 Å². The molecule has 0 aromatic carbocycles. The Morgan fingerprint density at radius 2 is 2.19 bits per heavy atom. The highest BCUT2D eigenvalue weighted by atomic mass is 16.3. The molecule has 0 bridgehead atoms. The second-order valence-electron chi connectivity index (χ2n) is 5.39. The van der Waals surface area contributed by atoms with E-state index in [0.29, 0.717) is 13.0 Å². The number of furan rings is 1. The number of hydrogen-bond acceptors (Lipinski definition) is 4. The van der Waals surface area contributed by atoms with E-state index in [4.69, 9.17) is 4.42 Å². The molecule has 2 N–H and O–H groups in total. The molecule has 2 aliphatic rings. The van der Waals surface area contributed by atoms with Crippen LogP contribution in [0.5, 0.6) is 0 Å². The number of urea groups is 1. The van der Waals surface area contributed by atoms with Crippen molar-refractivity contribution in [3.8, 4) is 0 Å². The van der Waals surface area contributed by atoms with Crippen LogP contribution in [0.2, 0.25) is 0 Å². The van der Waals surface area contributed by atoms with Gasteiger partial charge < -0.3 is 14.6 Å². The molecule has 7 heteroatoms. The third-order valence-electron chi connectivity index (χ3n) is 3.72. The monoisotopic (exact) mass is 291 g/mol. The van der Waals surface area contributed by atoms with Crippen LogP contribution in [0.25, 0.3) is 0 Å². The Bertz CT molecular complexity index is 551. The molecule has 0 spiro atoms. The summed E-state index contributed by atoms with van der Waals surface area (Å²) in [5.74, 6) is 0.377. The van der Waals surface area contributed by atoms with Gasteiger partial charge in [0.05, 0.1) is 12.8 Å². The maximum atomic E-state index is 12.3. The predicted molar refractivity (Wildman–Crippen MR) is 72.0 cm³/mol. The third kappa shape index (κ3) is 3.24.